The Bertz CT molecular complexity index is 613. The minimum absolute atomic E-state index is 0.539. The lowest BCUT2D eigenvalue weighted by Crippen LogP contribution is -2.17. The van der Waals surface area contributed by atoms with E-state index in [1.807, 2.05) is 36.4 Å². The van der Waals surface area contributed by atoms with Gasteiger partial charge in [-0.3, -0.25) is 0 Å². The topological polar surface area (TPSA) is 21.3 Å². The number of nitrogens with one attached hydrogen (secondary N) is 1. The number of rotatable bonds is 8. The van der Waals surface area contributed by atoms with Gasteiger partial charge in [0.1, 0.15) is 12.4 Å². The van der Waals surface area contributed by atoms with Crippen LogP contribution < -0.4 is 10.1 Å². The molecular formula is C19H23BrClNO. The first kappa shape index (κ1) is 18.3. The summed E-state index contributed by atoms with van der Waals surface area (Å²) in [5, 5.41) is 4.23. The molecule has 0 radical (unpaired) electrons. The van der Waals surface area contributed by atoms with Crippen molar-refractivity contribution < 1.29 is 4.74 Å². The molecule has 0 amide bonds. The predicted molar refractivity (Wildman–Crippen MR) is 101 cm³/mol. The van der Waals surface area contributed by atoms with Gasteiger partial charge in [0, 0.05) is 21.6 Å². The van der Waals surface area contributed by atoms with Crippen LogP contribution in [0.2, 0.25) is 5.02 Å². The van der Waals surface area contributed by atoms with Crippen molar-refractivity contribution >= 4 is 27.5 Å². The lowest BCUT2D eigenvalue weighted by Gasteiger charge is -2.13. The summed E-state index contributed by atoms with van der Waals surface area (Å²) in [4.78, 5) is 0. The number of hydrogen-bond donors (Lipinski definition) is 1. The molecule has 0 heterocycles. The van der Waals surface area contributed by atoms with Crippen LogP contribution in [-0.2, 0) is 13.2 Å². The molecule has 1 N–H and O–H groups in total. The van der Waals surface area contributed by atoms with Crippen LogP contribution in [0.4, 0.5) is 0 Å². The fourth-order valence-corrected chi connectivity index (χ4v) is 2.72. The molecule has 2 rings (SSSR count). The van der Waals surface area contributed by atoms with Gasteiger partial charge in [0.05, 0.1) is 0 Å². The Morgan fingerprint density at radius 3 is 2.57 bits per heavy atom. The molecule has 0 bridgehead atoms. The maximum absolute atomic E-state index is 5.99. The summed E-state index contributed by atoms with van der Waals surface area (Å²) in [6, 6.07) is 13.9. The van der Waals surface area contributed by atoms with E-state index in [0.29, 0.717) is 12.5 Å². The molecule has 0 atom stereocenters. The molecular weight excluding hydrogens is 374 g/mol. The van der Waals surface area contributed by atoms with Crippen LogP contribution in [0.25, 0.3) is 0 Å². The monoisotopic (exact) mass is 395 g/mol. The molecule has 0 unspecified atom stereocenters. The Morgan fingerprint density at radius 1 is 1.13 bits per heavy atom. The van der Waals surface area contributed by atoms with Gasteiger partial charge < -0.3 is 10.1 Å². The first-order chi connectivity index (χ1) is 11.0. The van der Waals surface area contributed by atoms with Crippen molar-refractivity contribution in [2.45, 2.75) is 33.4 Å². The largest absolute Gasteiger partial charge is 0.489 e. The fraction of sp³-hybridized carbons (Fsp3) is 0.368. The number of ether oxygens (including phenoxy) is 1. The van der Waals surface area contributed by atoms with E-state index in [2.05, 4.69) is 41.2 Å². The van der Waals surface area contributed by atoms with E-state index in [1.54, 1.807) is 0 Å². The molecule has 23 heavy (non-hydrogen) atoms. The molecule has 0 aromatic heterocycles. The van der Waals surface area contributed by atoms with Crippen LogP contribution in [0.3, 0.4) is 0 Å². The number of hydrogen-bond acceptors (Lipinski definition) is 2. The molecule has 2 nitrogen and oxygen atoms in total. The molecule has 0 aliphatic rings. The van der Waals surface area contributed by atoms with Crippen molar-refractivity contribution in [2.75, 3.05) is 6.54 Å². The van der Waals surface area contributed by atoms with Crippen LogP contribution in [0.15, 0.2) is 46.9 Å². The summed E-state index contributed by atoms with van der Waals surface area (Å²) in [5.74, 6) is 1.63. The summed E-state index contributed by atoms with van der Waals surface area (Å²) in [5.41, 5.74) is 2.27. The van der Waals surface area contributed by atoms with Gasteiger partial charge >= 0.3 is 0 Å². The summed E-state index contributed by atoms with van der Waals surface area (Å²) < 4.78 is 7.06. The molecule has 0 spiro atoms. The third-order valence-corrected chi connectivity index (χ3v) is 4.29. The van der Waals surface area contributed by atoms with Crippen molar-refractivity contribution in [1.82, 2.24) is 5.32 Å². The van der Waals surface area contributed by atoms with E-state index in [0.717, 1.165) is 39.5 Å². The lowest BCUT2D eigenvalue weighted by atomic mass is 10.1. The van der Waals surface area contributed by atoms with E-state index >= 15 is 0 Å². The Balaban J connectivity index is 1.95. The zero-order chi connectivity index (χ0) is 16.7. The minimum Gasteiger partial charge on any atom is -0.489 e. The Labute approximate surface area is 152 Å². The smallest absolute Gasteiger partial charge is 0.124 e. The summed E-state index contributed by atoms with van der Waals surface area (Å²) in [6.07, 6.45) is 1.18. The fourth-order valence-electron chi connectivity index (χ4n) is 2.18. The molecule has 2 aromatic rings. The first-order valence-electron chi connectivity index (χ1n) is 7.91. The van der Waals surface area contributed by atoms with Crippen LogP contribution in [0.1, 0.15) is 31.4 Å². The zero-order valence-electron chi connectivity index (χ0n) is 13.6. The average Bonchev–Trinajstić information content (AvgIpc) is 2.52. The van der Waals surface area contributed by atoms with Crippen molar-refractivity contribution in [3.8, 4) is 5.75 Å². The maximum atomic E-state index is 5.99. The zero-order valence-corrected chi connectivity index (χ0v) is 16.0. The number of benzene rings is 2. The Morgan fingerprint density at radius 2 is 1.87 bits per heavy atom. The van der Waals surface area contributed by atoms with E-state index in [4.69, 9.17) is 16.3 Å². The van der Waals surface area contributed by atoms with Gasteiger partial charge in [-0.2, -0.15) is 0 Å². The van der Waals surface area contributed by atoms with Gasteiger partial charge in [-0.1, -0.05) is 53.5 Å². The molecule has 0 aliphatic carbocycles. The second-order valence-corrected chi connectivity index (χ2v) is 7.38. The second kappa shape index (κ2) is 9.31. The molecule has 0 saturated carbocycles. The molecule has 124 valence electrons. The third-order valence-electron chi connectivity index (χ3n) is 3.54. The lowest BCUT2D eigenvalue weighted by molar-refractivity contribution is 0.302. The van der Waals surface area contributed by atoms with Gasteiger partial charge in [0.25, 0.3) is 0 Å². The maximum Gasteiger partial charge on any atom is 0.124 e. The Kier molecular flexibility index (Phi) is 7.41. The summed E-state index contributed by atoms with van der Waals surface area (Å²) in [6.45, 7) is 6.84. The van der Waals surface area contributed by atoms with Gasteiger partial charge in [-0.15, -0.1) is 0 Å². The van der Waals surface area contributed by atoms with Crippen LogP contribution in [-0.4, -0.2) is 6.54 Å². The van der Waals surface area contributed by atoms with Crippen molar-refractivity contribution in [3.05, 3.63) is 63.1 Å². The van der Waals surface area contributed by atoms with Crippen molar-refractivity contribution in [2.24, 2.45) is 5.92 Å². The van der Waals surface area contributed by atoms with Gasteiger partial charge in [0.15, 0.2) is 0 Å². The Hall–Kier alpha value is -1.03. The van der Waals surface area contributed by atoms with E-state index < -0.39 is 0 Å². The first-order valence-corrected chi connectivity index (χ1v) is 9.08. The highest BCUT2D eigenvalue weighted by atomic mass is 79.9. The van der Waals surface area contributed by atoms with Crippen LogP contribution in [0, 0.1) is 5.92 Å². The van der Waals surface area contributed by atoms with Gasteiger partial charge in [-0.25, -0.2) is 0 Å². The summed E-state index contributed by atoms with van der Waals surface area (Å²) in [7, 11) is 0. The molecule has 4 heteroatoms. The van der Waals surface area contributed by atoms with Crippen LogP contribution >= 0.6 is 27.5 Å². The van der Waals surface area contributed by atoms with Crippen molar-refractivity contribution in [1.29, 1.82) is 0 Å². The van der Waals surface area contributed by atoms with Gasteiger partial charge in [-0.05, 0) is 54.8 Å². The minimum atomic E-state index is 0.539. The molecule has 0 aliphatic heterocycles. The van der Waals surface area contributed by atoms with E-state index in [-0.39, 0.29) is 0 Å². The highest BCUT2D eigenvalue weighted by molar-refractivity contribution is 9.10. The SMILES string of the molecule is CC(C)CCNCc1cc(Br)ccc1OCc1ccc(Cl)cc1. The molecule has 0 saturated heterocycles. The predicted octanol–water partition coefficient (Wildman–Crippen LogP) is 5.82. The third kappa shape index (κ3) is 6.54. The number of halogens is 2. The van der Waals surface area contributed by atoms with Gasteiger partial charge in [0.2, 0.25) is 0 Å². The normalized spacial score (nSPS) is 11.0. The van der Waals surface area contributed by atoms with E-state index in [1.165, 1.54) is 6.42 Å². The summed E-state index contributed by atoms with van der Waals surface area (Å²) >= 11 is 9.44. The quantitative estimate of drug-likeness (QED) is 0.568. The average molecular weight is 397 g/mol. The second-order valence-electron chi connectivity index (χ2n) is 6.03. The van der Waals surface area contributed by atoms with E-state index in [9.17, 15) is 0 Å². The molecule has 2 aromatic carbocycles. The highest BCUT2D eigenvalue weighted by Crippen LogP contribution is 2.24. The van der Waals surface area contributed by atoms with Crippen LogP contribution in [0.5, 0.6) is 5.75 Å². The molecule has 0 fully saturated rings. The van der Waals surface area contributed by atoms with Crippen molar-refractivity contribution in [3.63, 3.8) is 0 Å². The highest BCUT2D eigenvalue weighted by Gasteiger charge is 2.06. The standard InChI is InChI=1S/C19H23BrClNO/c1-14(2)9-10-22-12-16-11-17(20)5-8-19(16)23-13-15-3-6-18(21)7-4-15/h3-8,11,14,22H,9-10,12-13H2,1-2H3.